The molecule has 0 fully saturated rings. The summed E-state index contributed by atoms with van der Waals surface area (Å²) < 4.78 is 19.0. The Labute approximate surface area is 211 Å². The minimum absolute atomic E-state index is 0.111. The molecule has 0 radical (unpaired) electrons. The van der Waals surface area contributed by atoms with Crippen molar-refractivity contribution in [3.05, 3.63) is 126 Å². The maximum absolute atomic E-state index is 13.8. The van der Waals surface area contributed by atoms with Gasteiger partial charge in [0.1, 0.15) is 11.6 Å². The quantitative estimate of drug-likeness (QED) is 0.112. The molecule has 5 nitrogen and oxygen atoms in total. The number of nitrogens with zero attached hydrogens (tertiary/aromatic N) is 2. The largest absolute Gasteiger partial charge is 0.423 e. The zero-order chi connectivity index (χ0) is 24.7. The van der Waals surface area contributed by atoms with Crippen LogP contribution in [-0.2, 0) is 0 Å². The summed E-state index contributed by atoms with van der Waals surface area (Å²) in [5.41, 5.74) is 6.71. The van der Waals surface area contributed by atoms with Crippen LogP contribution in [0.3, 0.4) is 0 Å². The molecule has 0 unspecified atom stereocenters. The average molecular weight is 494 g/mol. The molecule has 0 aliphatic carbocycles. The molecule has 0 bridgehead atoms. The SMILES string of the molecule is O=C(Oc1ccc(/C=N\Nc2nc(-c3ccccc3)c(-c3ccccc3)s2)cc1)c1ccccc1F. The number of carbonyl (C=O) groups is 1. The zero-order valence-electron chi connectivity index (χ0n) is 19.0. The van der Waals surface area contributed by atoms with E-state index in [0.29, 0.717) is 10.9 Å². The van der Waals surface area contributed by atoms with Gasteiger partial charge in [0.05, 0.1) is 22.3 Å². The standard InChI is InChI=1S/C29H20FN3O2S/c30-25-14-8-7-13-24(25)28(34)35-23-17-15-20(16-18-23)19-31-33-29-32-26(21-9-3-1-4-10-21)27(36-29)22-11-5-2-6-12-22/h1-19H,(H,32,33)/b31-19-. The number of ether oxygens (including phenoxy) is 1. The lowest BCUT2D eigenvalue weighted by Crippen LogP contribution is -2.10. The van der Waals surface area contributed by atoms with Gasteiger partial charge < -0.3 is 4.74 Å². The molecule has 0 amide bonds. The Balaban J connectivity index is 1.29. The molecule has 1 N–H and O–H groups in total. The van der Waals surface area contributed by atoms with Crippen LogP contribution in [0.2, 0.25) is 0 Å². The van der Waals surface area contributed by atoms with Gasteiger partial charge in [0.15, 0.2) is 0 Å². The number of nitrogens with one attached hydrogen (secondary N) is 1. The molecular formula is C29H20FN3O2S. The van der Waals surface area contributed by atoms with Gasteiger partial charge in [-0.2, -0.15) is 5.10 Å². The van der Waals surface area contributed by atoms with Crippen molar-refractivity contribution in [3.8, 4) is 27.4 Å². The van der Waals surface area contributed by atoms with Crippen LogP contribution in [0.25, 0.3) is 21.7 Å². The lowest BCUT2D eigenvalue weighted by Gasteiger charge is -2.05. The van der Waals surface area contributed by atoms with Crippen molar-refractivity contribution in [2.75, 3.05) is 5.43 Å². The van der Waals surface area contributed by atoms with E-state index in [-0.39, 0.29) is 5.56 Å². The van der Waals surface area contributed by atoms with Gasteiger partial charge in [-0.3, -0.25) is 5.43 Å². The molecule has 1 aromatic heterocycles. The van der Waals surface area contributed by atoms with Gasteiger partial charge >= 0.3 is 5.97 Å². The van der Waals surface area contributed by atoms with E-state index < -0.39 is 11.8 Å². The maximum Gasteiger partial charge on any atom is 0.346 e. The first-order valence-electron chi connectivity index (χ1n) is 11.1. The third-order valence-corrected chi connectivity index (χ3v) is 6.28. The Morgan fingerprint density at radius 1 is 0.833 bits per heavy atom. The van der Waals surface area contributed by atoms with Crippen molar-refractivity contribution in [2.45, 2.75) is 0 Å². The van der Waals surface area contributed by atoms with Gasteiger partial charge in [-0.05, 0) is 47.5 Å². The molecule has 0 saturated heterocycles. The fraction of sp³-hybridized carbons (Fsp3) is 0. The predicted molar refractivity (Wildman–Crippen MR) is 142 cm³/mol. The first kappa shape index (κ1) is 23.1. The molecule has 36 heavy (non-hydrogen) atoms. The molecule has 5 rings (SSSR count). The van der Waals surface area contributed by atoms with Crippen LogP contribution < -0.4 is 10.2 Å². The fourth-order valence-electron chi connectivity index (χ4n) is 3.52. The molecule has 0 atom stereocenters. The topological polar surface area (TPSA) is 63.6 Å². The van der Waals surface area contributed by atoms with Crippen LogP contribution in [0, 0.1) is 5.82 Å². The highest BCUT2D eigenvalue weighted by Gasteiger charge is 2.15. The Kier molecular flexibility index (Phi) is 6.91. The van der Waals surface area contributed by atoms with E-state index in [2.05, 4.69) is 22.7 Å². The number of thiazole rings is 1. The number of aromatic nitrogens is 1. The van der Waals surface area contributed by atoms with Crippen molar-refractivity contribution in [2.24, 2.45) is 5.10 Å². The summed E-state index contributed by atoms with van der Waals surface area (Å²) in [7, 11) is 0. The normalized spacial score (nSPS) is 10.9. The summed E-state index contributed by atoms with van der Waals surface area (Å²) in [5.74, 6) is -1.05. The predicted octanol–water partition coefficient (Wildman–Crippen LogP) is 7.28. The van der Waals surface area contributed by atoms with Gasteiger partial charge in [-0.15, -0.1) is 0 Å². The summed E-state index contributed by atoms with van der Waals surface area (Å²) in [6, 6.07) is 32.6. The number of benzene rings is 4. The van der Waals surface area contributed by atoms with Crippen LogP contribution in [-0.4, -0.2) is 17.2 Å². The number of rotatable bonds is 7. The summed E-state index contributed by atoms with van der Waals surface area (Å²) in [6.45, 7) is 0. The van der Waals surface area contributed by atoms with E-state index >= 15 is 0 Å². The molecule has 0 spiro atoms. The van der Waals surface area contributed by atoms with Crippen molar-refractivity contribution in [1.29, 1.82) is 0 Å². The molecule has 7 heteroatoms. The van der Waals surface area contributed by atoms with E-state index in [9.17, 15) is 9.18 Å². The third-order valence-electron chi connectivity index (χ3n) is 5.27. The lowest BCUT2D eigenvalue weighted by atomic mass is 10.1. The first-order chi connectivity index (χ1) is 17.7. The summed E-state index contributed by atoms with van der Waals surface area (Å²) in [4.78, 5) is 18.0. The number of anilines is 1. The first-order valence-corrected chi connectivity index (χ1v) is 12.0. The lowest BCUT2D eigenvalue weighted by molar-refractivity contribution is 0.0730. The zero-order valence-corrected chi connectivity index (χ0v) is 19.8. The minimum Gasteiger partial charge on any atom is -0.423 e. The third kappa shape index (κ3) is 5.37. The van der Waals surface area contributed by atoms with Gasteiger partial charge in [-0.25, -0.2) is 14.2 Å². The second kappa shape index (κ2) is 10.8. The molecule has 0 aliphatic heterocycles. The monoisotopic (exact) mass is 493 g/mol. The molecule has 176 valence electrons. The van der Waals surface area contributed by atoms with Crippen LogP contribution in [0.15, 0.2) is 114 Å². The van der Waals surface area contributed by atoms with E-state index in [0.717, 1.165) is 27.3 Å². The number of hydrogen-bond donors (Lipinski definition) is 1. The smallest absolute Gasteiger partial charge is 0.346 e. The second-order valence-corrected chi connectivity index (χ2v) is 8.74. The van der Waals surface area contributed by atoms with Crippen LogP contribution in [0.4, 0.5) is 9.52 Å². The van der Waals surface area contributed by atoms with Gasteiger partial charge in [-0.1, -0.05) is 84.1 Å². The molecular weight excluding hydrogens is 473 g/mol. The number of hydrazone groups is 1. The van der Waals surface area contributed by atoms with Crippen molar-refractivity contribution in [1.82, 2.24) is 4.98 Å². The second-order valence-electron chi connectivity index (χ2n) is 7.74. The molecule has 1 heterocycles. The van der Waals surface area contributed by atoms with E-state index in [1.807, 2.05) is 48.5 Å². The Hall–Kier alpha value is -4.62. The highest BCUT2D eigenvalue weighted by Crippen LogP contribution is 2.38. The molecule has 4 aromatic carbocycles. The number of hydrogen-bond acceptors (Lipinski definition) is 6. The molecule has 0 aliphatic rings. The number of halogens is 1. The van der Waals surface area contributed by atoms with Gasteiger partial charge in [0.25, 0.3) is 0 Å². The molecule has 0 saturated carbocycles. The number of carbonyl (C=O) groups excluding carboxylic acids is 1. The van der Waals surface area contributed by atoms with Crippen LogP contribution in [0.5, 0.6) is 5.75 Å². The highest BCUT2D eigenvalue weighted by atomic mass is 32.1. The van der Waals surface area contributed by atoms with Gasteiger partial charge in [0, 0.05) is 5.56 Å². The maximum atomic E-state index is 13.8. The number of esters is 1. The Morgan fingerprint density at radius 3 is 2.17 bits per heavy atom. The van der Waals surface area contributed by atoms with Crippen molar-refractivity contribution < 1.29 is 13.9 Å². The van der Waals surface area contributed by atoms with Crippen LogP contribution in [0.1, 0.15) is 15.9 Å². The Bertz CT molecular complexity index is 1440. The summed E-state index contributed by atoms with van der Waals surface area (Å²) >= 11 is 1.53. The van der Waals surface area contributed by atoms with E-state index in [1.54, 1.807) is 36.5 Å². The highest BCUT2D eigenvalue weighted by molar-refractivity contribution is 7.19. The van der Waals surface area contributed by atoms with E-state index in [4.69, 9.17) is 9.72 Å². The summed E-state index contributed by atoms with van der Waals surface area (Å²) in [5, 5.41) is 4.99. The van der Waals surface area contributed by atoms with Crippen molar-refractivity contribution >= 4 is 28.7 Å². The van der Waals surface area contributed by atoms with Gasteiger partial charge in [0.2, 0.25) is 5.13 Å². The summed E-state index contributed by atoms with van der Waals surface area (Å²) in [6.07, 6.45) is 1.65. The van der Waals surface area contributed by atoms with E-state index in [1.165, 1.54) is 29.5 Å². The average Bonchev–Trinajstić information content (AvgIpc) is 3.35. The van der Waals surface area contributed by atoms with Crippen LogP contribution >= 0.6 is 11.3 Å². The Morgan fingerprint density at radius 2 is 1.47 bits per heavy atom. The molecule has 5 aromatic rings. The van der Waals surface area contributed by atoms with Crippen molar-refractivity contribution in [3.63, 3.8) is 0 Å². The minimum atomic E-state index is -0.747. The fourth-order valence-corrected chi connectivity index (χ4v) is 4.46.